The van der Waals surface area contributed by atoms with Crippen LogP contribution < -0.4 is 10.9 Å². The highest BCUT2D eigenvalue weighted by Gasteiger charge is 2.30. The lowest BCUT2D eigenvalue weighted by molar-refractivity contribution is -0.121. The molecule has 0 bridgehead atoms. The fourth-order valence-electron chi connectivity index (χ4n) is 4.36. The Morgan fingerprint density at radius 2 is 1.94 bits per heavy atom. The van der Waals surface area contributed by atoms with Crippen LogP contribution in [-0.2, 0) is 4.79 Å². The monoisotopic (exact) mass is 471 g/mol. The number of nitrogens with one attached hydrogen (secondary N) is 1. The Balaban J connectivity index is 1.69. The van der Waals surface area contributed by atoms with Crippen molar-refractivity contribution in [2.75, 3.05) is 0 Å². The molecule has 4 rings (SSSR count). The molecular weight excluding hydrogens is 444 g/mol. The first-order valence-electron chi connectivity index (χ1n) is 11.2. The SMILES string of the molecule is C[C@@H]1[C@@H](C)CCC[C@H]1NC(=O)[C@H](C)Sc1nc2ccccc2c(=O)n1-c1ccc(F)cc1F. The highest BCUT2D eigenvalue weighted by Crippen LogP contribution is 2.31. The zero-order valence-corrected chi connectivity index (χ0v) is 19.7. The van der Waals surface area contributed by atoms with Crippen LogP contribution in [0.15, 0.2) is 52.4 Å². The lowest BCUT2D eigenvalue weighted by Crippen LogP contribution is -2.46. The topological polar surface area (TPSA) is 64.0 Å². The fraction of sp³-hybridized carbons (Fsp3) is 0.400. The Hall–Kier alpha value is -2.74. The lowest BCUT2D eigenvalue weighted by Gasteiger charge is -2.35. The minimum atomic E-state index is -0.877. The Bertz CT molecular complexity index is 1250. The second-order valence-electron chi connectivity index (χ2n) is 8.79. The van der Waals surface area contributed by atoms with E-state index in [1.807, 2.05) is 0 Å². The van der Waals surface area contributed by atoms with Crippen molar-refractivity contribution in [2.24, 2.45) is 11.8 Å². The molecule has 0 saturated heterocycles. The van der Waals surface area contributed by atoms with Gasteiger partial charge in [0.15, 0.2) is 5.16 Å². The van der Waals surface area contributed by atoms with Crippen LogP contribution in [0.3, 0.4) is 0 Å². The van der Waals surface area contributed by atoms with Gasteiger partial charge >= 0.3 is 0 Å². The van der Waals surface area contributed by atoms with Crippen molar-refractivity contribution in [3.05, 3.63) is 64.5 Å². The van der Waals surface area contributed by atoms with Gasteiger partial charge in [0.2, 0.25) is 5.91 Å². The first-order valence-corrected chi connectivity index (χ1v) is 12.1. The predicted octanol–water partition coefficient (Wildman–Crippen LogP) is 5.09. The summed E-state index contributed by atoms with van der Waals surface area (Å²) >= 11 is 1.09. The number of thioether (sulfide) groups is 1. The fourth-order valence-corrected chi connectivity index (χ4v) is 5.29. The Morgan fingerprint density at radius 1 is 1.18 bits per heavy atom. The normalized spacial score (nSPS) is 21.7. The van der Waals surface area contributed by atoms with Gasteiger partial charge in [0, 0.05) is 12.1 Å². The summed E-state index contributed by atoms with van der Waals surface area (Å²) in [6.45, 7) is 6.10. The van der Waals surface area contributed by atoms with Crippen LogP contribution in [0.4, 0.5) is 8.78 Å². The van der Waals surface area contributed by atoms with Crippen molar-refractivity contribution in [3.8, 4) is 5.69 Å². The van der Waals surface area contributed by atoms with E-state index in [0.717, 1.165) is 47.7 Å². The molecule has 2 aromatic carbocycles. The molecule has 1 heterocycles. The zero-order chi connectivity index (χ0) is 23.7. The third kappa shape index (κ3) is 4.81. The molecule has 0 aliphatic heterocycles. The lowest BCUT2D eigenvalue weighted by atomic mass is 9.78. The van der Waals surface area contributed by atoms with E-state index in [0.29, 0.717) is 22.7 Å². The van der Waals surface area contributed by atoms with Gasteiger partial charge in [0.1, 0.15) is 11.6 Å². The number of hydrogen-bond acceptors (Lipinski definition) is 4. The highest BCUT2D eigenvalue weighted by atomic mass is 32.2. The maximum atomic E-state index is 14.7. The number of fused-ring (bicyclic) bond motifs is 1. The van der Waals surface area contributed by atoms with E-state index in [2.05, 4.69) is 24.1 Å². The molecule has 0 unspecified atom stereocenters. The van der Waals surface area contributed by atoms with E-state index in [1.165, 1.54) is 6.07 Å². The van der Waals surface area contributed by atoms with Crippen molar-refractivity contribution in [1.82, 2.24) is 14.9 Å². The van der Waals surface area contributed by atoms with Crippen LogP contribution in [0.1, 0.15) is 40.0 Å². The van der Waals surface area contributed by atoms with E-state index >= 15 is 0 Å². The second-order valence-corrected chi connectivity index (χ2v) is 10.1. The summed E-state index contributed by atoms with van der Waals surface area (Å²) in [5, 5.41) is 3.07. The van der Waals surface area contributed by atoms with Crippen molar-refractivity contribution in [1.29, 1.82) is 0 Å². The molecule has 1 N–H and O–H groups in total. The third-order valence-corrected chi connectivity index (χ3v) is 7.63. The quantitative estimate of drug-likeness (QED) is 0.416. The van der Waals surface area contributed by atoms with E-state index < -0.39 is 22.4 Å². The van der Waals surface area contributed by atoms with Crippen LogP contribution in [0.25, 0.3) is 16.6 Å². The molecule has 8 heteroatoms. The minimum Gasteiger partial charge on any atom is -0.352 e. The number of carbonyl (C=O) groups is 1. The zero-order valence-electron chi connectivity index (χ0n) is 18.8. The number of rotatable bonds is 5. The molecular formula is C25H27F2N3O2S. The number of para-hydroxylation sites is 1. The molecule has 1 amide bonds. The molecule has 0 spiro atoms. The number of nitrogens with zero attached hydrogens (tertiary/aromatic N) is 2. The number of halogens is 2. The summed E-state index contributed by atoms with van der Waals surface area (Å²) < 4.78 is 29.3. The molecule has 1 aliphatic carbocycles. The summed E-state index contributed by atoms with van der Waals surface area (Å²) in [5.74, 6) is -0.848. The van der Waals surface area contributed by atoms with Gasteiger partial charge in [0.25, 0.3) is 5.56 Å². The van der Waals surface area contributed by atoms with E-state index in [1.54, 1.807) is 31.2 Å². The van der Waals surface area contributed by atoms with E-state index in [4.69, 9.17) is 0 Å². The average molecular weight is 472 g/mol. The van der Waals surface area contributed by atoms with Gasteiger partial charge in [-0.15, -0.1) is 0 Å². The first kappa shape index (κ1) is 23.4. The van der Waals surface area contributed by atoms with Gasteiger partial charge < -0.3 is 5.32 Å². The molecule has 0 radical (unpaired) electrons. The number of carbonyl (C=O) groups excluding carboxylic acids is 1. The molecule has 5 nitrogen and oxygen atoms in total. The maximum absolute atomic E-state index is 14.7. The standard InChI is InChI=1S/C25H27F2N3O2S/c1-14-7-6-10-20(15(14)2)28-23(31)16(3)33-25-29-21-9-5-4-8-18(21)24(32)30(25)22-12-11-17(26)13-19(22)27/h4-5,8-9,11-16,20H,6-7,10H2,1-3H3,(H,28,31)/t14-,15+,16-,20+/m0/s1. The number of amides is 1. The Kier molecular flexibility index (Phi) is 6.83. The van der Waals surface area contributed by atoms with Crippen molar-refractivity contribution in [2.45, 2.75) is 56.5 Å². The molecule has 1 saturated carbocycles. The molecule has 3 aromatic rings. The smallest absolute Gasteiger partial charge is 0.266 e. The number of hydrogen-bond donors (Lipinski definition) is 1. The van der Waals surface area contributed by atoms with Gasteiger partial charge in [-0.1, -0.05) is 50.6 Å². The molecule has 33 heavy (non-hydrogen) atoms. The van der Waals surface area contributed by atoms with Crippen LogP contribution in [-0.4, -0.2) is 26.8 Å². The minimum absolute atomic E-state index is 0.102. The molecule has 174 valence electrons. The van der Waals surface area contributed by atoms with E-state index in [-0.39, 0.29) is 22.8 Å². The highest BCUT2D eigenvalue weighted by molar-refractivity contribution is 8.00. The maximum Gasteiger partial charge on any atom is 0.266 e. The first-order chi connectivity index (χ1) is 15.8. The van der Waals surface area contributed by atoms with Gasteiger partial charge in [0.05, 0.1) is 21.8 Å². The van der Waals surface area contributed by atoms with Gasteiger partial charge in [-0.05, 0) is 49.4 Å². The Labute approximate surface area is 195 Å². The summed E-state index contributed by atoms with van der Waals surface area (Å²) in [6, 6.07) is 9.90. The average Bonchev–Trinajstić information content (AvgIpc) is 2.78. The van der Waals surface area contributed by atoms with E-state index in [9.17, 15) is 18.4 Å². The summed E-state index contributed by atoms with van der Waals surface area (Å²) in [7, 11) is 0. The van der Waals surface area contributed by atoms with Gasteiger partial charge in [-0.25, -0.2) is 13.8 Å². The van der Waals surface area contributed by atoms with Crippen molar-refractivity contribution < 1.29 is 13.6 Å². The van der Waals surface area contributed by atoms with Gasteiger partial charge in [-0.3, -0.25) is 14.2 Å². The summed E-state index contributed by atoms with van der Waals surface area (Å²) in [5.41, 5.74) is -0.133. The molecule has 1 aromatic heterocycles. The largest absolute Gasteiger partial charge is 0.352 e. The molecule has 1 aliphatic rings. The number of benzene rings is 2. The summed E-state index contributed by atoms with van der Waals surface area (Å²) in [6.07, 6.45) is 3.18. The third-order valence-electron chi connectivity index (χ3n) is 6.58. The van der Waals surface area contributed by atoms with Crippen molar-refractivity contribution >= 4 is 28.6 Å². The second kappa shape index (κ2) is 9.63. The summed E-state index contributed by atoms with van der Waals surface area (Å²) in [4.78, 5) is 30.8. The van der Waals surface area contributed by atoms with Crippen LogP contribution in [0.2, 0.25) is 0 Å². The van der Waals surface area contributed by atoms with Crippen molar-refractivity contribution in [3.63, 3.8) is 0 Å². The number of aromatic nitrogens is 2. The van der Waals surface area contributed by atoms with Crippen LogP contribution in [0, 0.1) is 23.5 Å². The van der Waals surface area contributed by atoms with Crippen LogP contribution in [0.5, 0.6) is 0 Å². The molecule has 1 fully saturated rings. The Morgan fingerprint density at radius 3 is 2.70 bits per heavy atom. The predicted molar refractivity (Wildman–Crippen MR) is 127 cm³/mol. The molecule has 4 atom stereocenters. The van der Waals surface area contributed by atoms with Crippen LogP contribution >= 0.6 is 11.8 Å². The van der Waals surface area contributed by atoms with Gasteiger partial charge in [-0.2, -0.15) is 0 Å².